The van der Waals surface area contributed by atoms with E-state index in [1.54, 1.807) is 12.3 Å². The van der Waals surface area contributed by atoms with Crippen LogP contribution in [0.4, 0.5) is 11.5 Å². The van der Waals surface area contributed by atoms with Crippen LogP contribution < -0.4 is 10.2 Å². The van der Waals surface area contributed by atoms with Gasteiger partial charge in [0.15, 0.2) is 0 Å². The minimum absolute atomic E-state index is 0.172. The van der Waals surface area contributed by atoms with Gasteiger partial charge in [0.1, 0.15) is 5.82 Å². The number of benzene rings is 1. The van der Waals surface area contributed by atoms with E-state index in [0.29, 0.717) is 5.69 Å². The number of nitrogens with zero attached hydrogens (tertiary/aromatic N) is 2. The van der Waals surface area contributed by atoms with Gasteiger partial charge in [-0.15, -0.1) is 0 Å². The maximum Gasteiger partial charge on any atom is 0.248 e. The lowest BCUT2D eigenvalue weighted by molar-refractivity contribution is -0.111. The van der Waals surface area contributed by atoms with Crippen molar-refractivity contribution in [3.8, 4) is 0 Å². The van der Waals surface area contributed by atoms with Crippen LogP contribution in [0, 0.1) is 0 Å². The molecule has 1 aliphatic rings. The Bertz CT molecular complexity index is 662. The molecule has 5 nitrogen and oxygen atoms in total. The number of ether oxygens (including phenoxy) is 1. The lowest BCUT2D eigenvalue weighted by atomic mass is 10.2. The van der Waals surface area contributed by atoms with Gasteiger partial charge in [-0.3, -0.25) is 4.79 Å². The summed E-state index contributed by atoms with van der Waals surface area (Å²) in [5.74, 6) is 0.737. The minimum atomic E-state index is -0.172. The van der Waals surface area contributed by atoms with Crippen molar-refractivity contribution >= 4 is 23.5 Å². The number of carbonyl (C=O) groups is 1. The molecule has 3 rings (SSSR count). The molecule has 1 saturated heterocycles. The van der Waals surface area contributed by atoms with Crippen LogP contribution in [0.25, 0.3) is 6.08 Å². The Balaban J connectivity index is 1.57. The summed E-state index contributed by atoms with van der Waals surface area (Å²) < 4.78 is 5.33. The summed E-state index contributed by atoms with van der Waals surface area (Å²) >= 11 is 0. The van der Waals surface area contributed by atoms with Crippen molar-refractivity contribution in [3.63, 3.8) is 0 Å². The Hall–Kier alpha value is -2.66. The SMILES string of the molecule is O=C(/C=C/c1ccccc1)Nc1ccc(N2CCOCC2)nc1. The highest BCUT2D eigenvalue weighted by Gasteiger charge is 2.12. The number of carbonyl (C=O) groups excluding carboxylic acids is 1. The number of hydrogen-bond donors (Lipinski definition) is 1. The van der Waals surface area contributed by atoms with Gasteiger partial charge in [-0.25, -0.2) is 4.98 Å². The second kappa shape index (κ2) is 7.56. The highest BCUT2D eigenvalue weighted by molar-refractivity contribution is 6.01. The molecule has 118 valence electrons. The Morgan fingerprint density at radius 2 is 1.91 bits per heavy atom. The number of hydrogen-bond acceptors (Lipinski definition) is 4. The number of aromatic nitrogens is 1. The summed E-state index contributed by atoms with van der Waals surface area (Å²) in [7, 11) is 0. The third-order valence-electron chi connectivity index (χ3n) is 3.58. The molecule has 0 saturated carbocycles. The molecule has 0 spiro atoms. The Morgan fingerprint density at radius 1 is 1.13 bits per heavy atom. The van der Waals surface area contributed by atoms with E-state index in [1.165, 1.54) is 6.08 Å². The van der Waals surface area contributed by atoms with Crippen molar-refractivity contribution in [1.82, 2.24) is 4.98 Å². The van der Waals surface area contributed by atoms with Gasteiger partial charge in [0.25, 0.3) is 0 Å². The standard InChI is InChI=1S/C18H19N3O2/c22-18(9-6-15-4-2-1-3-5-15)20-16-7-8-17(19-14-16)21-10-12-23-13-11-21/h1-9,14H,10-13H2,(H,20,22)/b9-6+. The van der Waals surface area contributed by atoms with Gasteiger partial charge in [0.05, 0.1) is 25.1 Å². The van der Waals surface area contributed by atoms with E-state index in [0.717, 1.165) is 37.7 Å². The molecule has 0 radical (unpaired) electrons. The van der Waals surface area contributed by atoms with E-state index in [2.05, 4.69) is 15.2 Å². The van der Waals surface area contributed by atoms with Crippen LogP contribution >= 0.6 is 0 Å². The molecule has 1 aliphatic heterocycles. The topological polar surface area (TPSA) is 54.5 Å². The molecule has 1 fully saturated rings. The first-order chi connectivity index (χ1) is 11.3. The lowest BCUT2D eigenvalue weighted by Gasteiger charge is -2.27. The molecule has 0 atom stereocenters. The number of rotatable bonds is 4. The van der Waals surface area contributed by atoms with Crippen molar-refractivity contribution in [2.45, 2.75) is 0 Å². The summed E-state index contributed by atoms with van der Waals surface area (Å²) in [4.78, 5) is 18.5. The Kier molecular flexibility index (Phi) is 5.01. The third kappa shape index (κ3) is 4.40. The van der Waals surface area contributed by atoms with Crippen molar-refractivity contribution in [2.24, 2.45) is 0 Å². The fraction of sp³-hybridized carbons (Fsp3) is 0.222. The van der Waals surface area contributed by atoms with E-state index in [-0.39, 0.29) is 5.91 Å². The zero-order chi connectivity index (χ0) is 15.9. The molecule has 1 aromatic heterocycles. The predicted octanol–water partition coefficient (Wildman–Crippen LogP) is 2.57. The summed E-state index contributed by atoms with van der Waals surface area (Å²) in [5, 5.41) is 2.81. The highest BCUT2D eigenvalue weighted by Crippen LogP contribution is 2.15. The molecule has 2 heterocycles. The van der Waals surface area contributed by atoms with Crippen LogP contribution in [0.5, 0.6) is 0 Å². The monoisotopic (exact) mass is 309 g/mol. The van der Waals surface area contributed by atoms with Crippen LogP contribution in [0.3, 0.4) is 0 Å². The van der Waals surface area contributed by atoms with Crippen LogP contribution in [0.15, 0.2) is 54.7 Å². The number of morpholine rings is 1. The van der Waals surface area contributed by atoms with Gasteiger partial charge in [-0.2, -0.15) is 0 Å². The molecule has 23 heavy (non-hydrogen) atoms. The fourth-order valence-electron chi connectivity index (χ4n) is 2.36. The fourth-order valence-corrected chi connectivity index (χ4v) is 2.36. The van der Waals surface area contributed by atoms with Crippen LogP contribution in [-0.4, -0.2) is 37.2 Å². The maximum absolute atomic E-state index is 11.9. The van der Waals surface area contributed by atoms with E-state index in [1.807, 2.05) is 42.5 Å². The molecule has 0 unspecified atom stereocenters. The summed E-state index contributed by atoms with van der Waals surface area (Å²) in [5.41, 5.74) is 1.67. The van der Waals surface area contributed by atoms with Gasteiger partial charge in [-0.1, -0.05) is 30.3 Å². The first kappa shape index (κ1) is 15.2. The molecular weight excluding hydrogens is 290 g/mol. The number of nitrogens with one attached hydrogen (secondary N) is 1. The largest absolute Gasteiger partial charge is 0.378 e. The summed E-state index contributed by atoms with van der Waals surface area (Å²) in [6.45, 7) is 3.14. The quantitative estimate of drug-likeness (QED) is 0.882. The maximum atomic E-state index is 11.9. The Morgan fingerprint density at radius 3 is 2.61 bits per heavy atom. The predicted molar refractivity (Wildman–Crippen MR) is 91.4 cm³/mol. The number of pyridine rings is 1. The van der Waals surface area contributed by atoms with E-state index in [9.17, 15) is 4.79 Å². The first-order valence-corrected chi connectivity index (χ1v) is 7.64. The van der Waals surface area contributed by atoms with Crippen LogP contribution in [0.2, 0.25) is 0 Å². The van der Waals surface area contributed by atoms with Crippen LogP contribution in [0.1, 0.15) is 5.56 Å². The average molecular weight is 309 g/mol. The van der Waals surface area contributed by atoms with E-state index < -0.39 is 0 Å². The van der Waals surface area contributed by atoms with E-state index in [4.69, 9.17) is 4.74 Å². The molecule has 0 bridgehead atoms. The first-order valence-electron chi connectivity index (χ1n) is 7.64. The van der Waals surface area contributed by atoms with Crippen molar-refractivity contribution in [3.05, 3.63) is 60.3 Å². The van der Waals surface area contributed by atoms with E-state index >= 15 is 0 Å². The molecule has 2 aromatic rings. The number of amides is 1. The zero-order valence-corrected chi connectivity index (χ0v) is 12.8. The van der Waals surface area contributed by atoms with Gasteiger partial charge in [0, 0.05) is 19.2 Å². The molecule has 1 amide bonds. The highest BCUT2D eigenvalue weighted by atomic mass is 16.5. The van der Waals surface area contributed by atoms with Crippen molar-refractivity contribution < 1.29 is 9.53 Å². The Labute approximate surface area is 135 Å². The second-order valence-corrected chi connectivity index (χ2v) is 5.24. The molecule has 0 aliphatic carbocycles. The van der Waals surface area contributed by atoms with Gasteiger partial charge >= 0.3 is 0 Å². The third-order valence-corrected chi connectivity index (χ3v) is 3.58. The minimum Gasteiger partial charge on any atom is -0.378 e. The lowest BCUT2D eigenvalue weighted by Crippen LogP contribution is -2.36. The second-order valence-electron chi connectivity index (χ2n) is 5.24. The summed E-state index contributed by atoms with van der Waals surface area (Å²) in [6.07, 6.45) is 4.98. The smallest absolute Gasteiger partial charge is 0.248 e. The average Bonchev–Trinajstić information content (AvgIpc) is 2.62. The molecule has 5 heteroatoms. The molecule has 1 aromatic carbocycles. The normalized spacial score (nSPS) is 14.9. The molecular formula is C18H19N3O2. The number of anilines is 2. The van der Waals surface area contributed by atoms with Gasteiger partial charge in [-0.05, 0) is 23.8 Å². The van der Waals surface area contributed by atoms with Gasteiger partial charge in [0.2, 0.25) is 5.91 Å². The zero-order valence-electron chi connectivity index (χ0n) is 12.8. The van der Waals surface area contributed by atoms with Crippen LogP contribution in [-0.2, 0) is 9.53 Å². The summed E-state index contributed by atoms with van der Waals surface area (Å²) in [6, 6.07) is 13.5. The van der Waals surface area contributed by atoms with Crippen molar-refractivity contribution in [2.75, 3.05) is 36.5 Å². The van der Waals surface area contributed by atoms with Crippen molar-refractivity contribution in [1.29, 1.82) is 0 Å². The van der Waals surface area contributed by atoms with Gasteiger partial charge < -0.3 is 15.0 Å². The molecule has 1 N–H and O–H groups in total.